The summed E-state index contributed by atoms with van der Waals surface area (Å²) in [5.41, 5.74) is 7.07. The highest BCUT2D eigenvalue weighted by molar-refractivity contribution is 5.95. The van der Waals surface area contributed by atoms with Gasteiger partial charge in [-0.2, -0.15) is 0 Å². The van der Waals surface area contributed by atoms with Crippen LogP contribution in [0.5, 0.6) is 0 Å². The van der Waals surface area contributed by atoms with Crippen molar-refractivity contribution in [3.8, 4) is 0 Å². The number of anilines is 1. The maximum absolute atomic E-state index is 11.9. The number of nitrogens with one attached hydrogen (secondary N) is 1. The molecule has 1 heterocycles. The zero-order valence-electron chi connectivity index (χ0n) is 11.8. The highest BCUT2D eigenvalue weighted by atomic mass is 35.5. The molecule has 0 saturated heterocycles. The minimum Gasteiger partial charge on any atom is -0.323 e. The Bertz CT molecular complexity index is 497. The predicted octanol–water partition coefficient (Wildman–Crippen LogP) is 1.43. The quantitative estimate of drug-likeness (QED) is 0.879. The fourth-order valence-corrected chi connectivity index (χ4v) is 1.70. The molecule has 1 amide bonds. The van der Waals surface area contributed by atoms with Crippen molar-refractivity contribution in [1.82, 2.24) is 4.57 Å². The molecule has 0 saturated carbocycles. The van der Waals surface area contributed by atoms with Gasteiger partial charge < -0.3 is 15.6 Å². The van der Waals surface area contributed by atoms with Crippen molar-refractivity contribution in [2.24, 2.45) is 18.7 Å². The van der Waals surface area contributed by atoms with Crippen molar-refractivity contribution < 1.29 is 4.79 Å². The summed E-state index contributed by atoms with van der Waals surface area (Å²) in [4.78, 5) is 23.3. The third-order valence-electron chi connectivity index (χ3n) is 2.76. The Morgan fingerprint density at radius 1 is 1.47 bits per heavy atom. The first-order chi connectivity index (χ1) is 8.31. The maximum Gasteiger partial charge on any atom is 0.250 e. The number of nitrogens with zero attached hydrogens (tertiary/aromatic N) is 1. The summed E-state index contributed by atoms with van der Waals surface area (Å²) in [5.74, 6) is 0.150. The Labute approximate surface area is 119 Å². The van der Waals surface area contributed by atoms with E-state index in [0.29, 0.717) is 18.0 Å². The van der Waals surface area contributed by atoms with Gasteiger partial charge >= 0.3 is 0 Å². The lowest BCUT2D eigenvalue weighted by atomic mass is 10.0. The number of amides is 1. The van der Waals surface area contributed by atoms with Crippen LogP contribution in [0.4, 0.5) is 5.69 Å². The van der Waals surface area contributed by atoms with E-state index in [0.717, 1.165) is 5.56 Å². The van der Waals surface area contributed by atoms with Crippen LogP contribution in [-0.4, -0.2) is 16.5 Å². The van der Waals surface area contributed by atoms with Crippen LogP contribution in [0.1, 0.15) is 25.8 Å². The Morgan fingerprint density at radius 3 is 2.58 bits per heavy atom. The van der Waals surface area contributed by atoms with Crippen LogP contribution in [0.15, 0.2) is 17.1 Å². The molecular formula is C13H22ClN3O2. The van der Waals surface area contributed by atoms with Gasteiger partial charge in [-0.15, -0.1) is 12.4 Å². The van der Waals surface area contributed by atoms with Gasteiger partial charge in [-0.25, -0.2) is 0 Å². The first-order valence-electron chi connectivity index (χ1n) is 6.05. The Morgan fingerprint density at radius 2 is 2.05 bits per heavy atom. The van der Waals surface area contributed by atoms with Gasteiger partial charge in [-0.3, -0.25) is 9.59 Å². The van der Waals surface area contributed by atoms with E-state index in [2.05, 4.69) is 5.32 Å². The first-order valence-corrected chi connectivity index (χ1v) is 6.05. The zero-order valence-corrected chi connectivity index (χ0v) is 12.6. The molecule has 3 N–H and O–H groups in total. The number of aromatic nitrogens is 1. The second kappa shape index (κ2) is 7.31. The van der Waals surface area contributed by atoms with Crippen molar-refractivity contribution in [2.75, 3.05) is 5.32 Å². The normalized spacial score (nSPS) is 11.9. The summed E-state index contributed by atoms with van der Waals surface area (Å²) in [6.07, 6.45) is 2.24. The number of pyridine rings is 1. The van der Waals surface area contributed by atoms with Crippen LogP contribution >= 0.6 is 12.4 Å². The molecule has 5 nitrogen and oxygen atoms in total. The third kappa shape index (κ3) is 5.04. The van der Waals surface area contributed by atoms with E-state index < -0.39 is 6.04 Å². The smallest absolute Gasteiger partial charge is 0.250 e. The van der Waals surface area contributed by atoms with Crippen LogP contribution in [0.2, 0.25) is 0 Å². The lowest BCUT2D eigenvalue weighted by Gasteiger charge is -2.15. The van der Waals surface area contributed by atoms with Gasteiger partial charge in [-0.05, 0) is 24.8 Å². The number of hydrogen-bond donors (Lipinski definition) is 2. The topological polar surface area (TPSA) is 77.1 Å². The SMILES string of the molecule is Cc1cc(=O)n(C)cc1NC(=O)[C@@H](N)CC(C)C.Cl. The molecule has 1 atom stereocenters. The monoisotopic (exact) mass is 287 g/mol. The fourth-order valence-electron chi connectivity index (χ4n) is 1.70. The van der Waals surface area contributed by atoms with Gasteiger partial charge in [0.2, 0.25) is 5.91 Å². The van der Waals surface area contributed by atoms with Crippen molar-refractivity contribution >= 4 is 24.0 Å². The number of carbonyl (C=O) groups excluding carboxylic acids is 1. The number of carbonyl (C=O) groups is 1. The second-order valence-corrected chi connectivity index (χ2v) is 5.04. The highest BCUT2D eigenvalue weighted by Crippen LogP contribution is 2.12. The number of hydrogen-bond acceptors (Lipinski definition) is 3. The molecule has 19 heavy (non-hydrogen) atoms. The molecule has 0 aliphatic carbocycles. The van der Waals surface area contributed by atoms with Gasteiger partial charge in [0.15, 0.2) is 0 Å². The molecule has 1 aromatic rings. The molecule has 0 aliphatic heterocycles. The van der Waals surface area contributed by atoms with Crippen LogP contribution in [0, 0.1) is 12.8 Å². The molecule has 0 radical (unpaired) electrons. The minimum absolute atomic E-state index is 0. The van der Waals surface area contributed by atoms with Crippen molar-refractivity contribution in [3.05, 3.63) is 28.2 Å². The van der Waals surface area contributed by atoms with E-state index in [1.54, 1.807) is 20.2 Å². The first kappa shape index (κ1) is 17.7. The molecule has 0 aliphatic rings. The molecule has 0 aromatic carbocycles. The highest BCUT2D eigenvalue weighted by Gasteiger charge is 2.16. The number of aryl methyl sites for hydroxylation is 2. The fraction of sp³-hybridized carbons (Fsp3) is 0.538. The molecule has 0 spiro atoms. The van der Waals surface area contributed by atoms with Crippen molar-refractivity contribution in [2.45, 2.75) is 33.2 Å². The third-order valence-corrected chi connectivity index (χ3v) is 2.76. The van der Waals surface area contributed by atoms with E-state index in [1.807, 2.05) is 13.8 Å². The van der Waals surface area contributed by atoms with Crippen molar-refractivity contribution in [1.29, 1.82) is 0 Å². The lowest BCUT2D eigenvalue weighted by Crippen LogP contribution is -2.37. The van der Waals surface area contributed by atoms with Gasteiger partial charge in [-0.1, -0.05) is 13.8 Å². The lowest BCUT2D eigenvalue weighted by molar-refractivity contribution is -0.117. The summed E-state index contributed by atoms with van der Waals surface area (Å²) in [6, 6.07) is 0.963. The Kier molecular flexibility index (Phi) is 6.79. The van der Waals surface area contributed by atoms with Crippen LogP contribution in [-0.2, 0) is 11.8 Å². The molecule has 0 unspecified atom stereocenters. The number of halogens is 1. The standard InChI is InChI=1S/C13H21N3O2.ClH/c1-8(2)5-10(14)13(18)15-11-7-16(4)12(17)6-9(11)3;/h6-8,10H,5,14H2,1-4H3,(H,15,18);1H/t10-;/m0./s1. The van der Waals surface area contributed by atoms with E-state index in [1.165, 1.54) is 10.6 Å². The van der Waals surface area contributed by atoms with Gasteiger partial charge in [0.25, 0.3) is 5.56 Å². The maximum atomic E-state index is 11.9. The molecule has 1 aromatic heterocycles. The summed E-state index contributed by atoms with van der Waals surface area (Å²) in [5, 5.41) is 2.76. The van der Waals surface area contributed by atoms with Gasteiger partial charge in [0.1, 0.15) is 0 Å². The summed E-state index contributed by atoms with van der Waals surface area (Å²) < 4.78 is 1.43. The van der Waals surface area contributed by atoms with Gasteiger partial charge in [0.05, 0.1) is 11.7 Å². The average molecular weight is 288 g/mol. The summed E-state index contributed by atoms with van der Waals surface area (Å²) in [7, 11) is 1.64. The van der Waals surface area contributed by atoms with Crippen LogP contribution < -0.4 is 16.6 Å². The van der Waals surface area contributed by atoms with Crippen LogP contribution in [0.3, 0.4) is 0 Å². The van der Waals surface area contributed by atoms with Crippen LogP contribution in [0.25, 0.3) is 0 Å². The number of nitrogens with two attached hydrogens (primary N) is 1. The van der Waals surface area contributed by atoms with E-state index in [4.69, 9.17) is 5.73 Å². The molecule has 6 heteroatoms. The van der Waals surface area contributed by atoms with E-state index in [9.17, 15) is 9.59 Å². The largest absolute Gasteiger partial charge is 0.323 e. The molecular weight excluding hydrogens is 266 g/mol. The minimum atomic E-state index is -0.526. The second-order valence-electron chi connectivity index (χ2n) is 5.04. The number of rotatable bonds is 4. The predicted molar refractivity (Wildman–Crippen MR) is 79.7 cm³/mol. The average Bonchev–Trinajstić information content (AvgIpc) is 2.24. The molecule has 0 bridgehead atoms. The summed E-state index contributed by atoms with van der Waals surface area (Å²) in [6.45, 7) is 5.82. The van der Waals surface area contributed by atoms with E-state index >= 15 is 0 Å². The zero-order chi connectivity index (χ0) is 13.9. The van der Waals surface area contributed by atoms with E-state index in [-0.39, 0.29) is 23.9 Å². The molecule has 0 fully saturated rings. The Balaban J connectivity index is 0.00000324. The van der Waals surface area contributed by atoms with Gasteiger partial charge in [0, 0.05) is 19.3 Å². The summed E-state index contributed by atoms with van der Waals surface area (Å²) >= 11 is 0. The Hall–Kier alpha value is -1.33. The van der Waals surface area contributed by atoms with Crippen molar-refractivity contribution in [3.63, 3.8) is 0 Å². The molecule has 108 valence electrons. The molecule has 1 rings (SSSR count).